The standard InChI is InChI=1S/C14H18BrCl2NO/c1-14(2)9-18(8-12(6-15)19-14)7-10-5-11(16)3-4-13(10)17/h3-5,12H,6-9H2,1-2H3. The van der Waals surface area contributed by atoms with E-state index in [1.165, 1.54) is 0 Å². The van der Waals surface area contributed by atoms with Crippen LogP contribution in [0.15, 0.2) is 18.2 Å². The normalized spacial score (nSPS) is 23.5. The molecule has 1 saturated heterocycles. The molecule has 0 spiro atoms. The monoisotopic (exact) mass is 365 g/mol. The van der Waals surface area contributed by atoms with Crippen LogP contribution in [-0.4, -0.2) is 35.0 Å². The highest BCUT2D eigenvalue weighted by Gasteiger charge is 2.32. The molecule has 0 saturated carbocycles. The van der Waals surface area contributed by atoms with Gasteiger partial charge in [0.25, 0.3) is 0 Å². The molecule has 0 aliphatic carbocycles. The lowest BCUT2D eigenvalue weighted by Crippen LogP contribution is -2.52. The van der Waals surface area contributed by atoms with E-state index in [0.717, 1.165) is 40.6 Å². The second-order valence-corrected chi connectivity index (χ2v) is 7.05. The smallest absolute Gasteiger partial charge is 0.0806 e. The van der Waals surface area contributed by atoms with Crippen LogP contribution >= 0.6 is 39.1 Å². The fourth-order valence-corrected chi connectivity index (χ4v) is 3.23. The van der Waals surface area contributed by atoms with Crippen molar-refractivity contribution in [2.75, 3.05) is 18.4 Å². The van der Waals surface area contributed by atoms with Gasteiger partial charge in [-0.3, -0.25) is 4.90 Å². The third kappa shape index (κ3) is 4.33. The average Bonchev–Trinajstić information content (AvgIpc) is 2.32. The maximum absolute atomic E-state index is 6.23. The van der Waals surface area contributed by atoms with E-state index in [-0.39, 0.29) is 11.7 Å². The van der Waals surface area contributed by atoms with Crippen molar-refractivity contribution in [1.82, 2.24) is 4.90 Å². The number of hydrogen-bond acceptors (Lipinski definition) is 2. The van der Waals surface area contributed by atoms with Crippen LogP contribution in [0.5, 0.6) is 0 Å². The first-order valence-corrected chi connectivity index (χ1v) is 8.17. The fraction of sp³-hybridized carbons (Fsp3) is 0.571. The molecule has 1 aromatic rings. The molecule has 5 heteroatoms. The number of rotatable bonds is 3. The minimum absolute atomic E-state index is 0.137. The summed E-state index contributed by atoms with van der Waals surface area (Å²) < 4.78 is 6.00. The summed E-state index contributed by atoms with van der Waals surface area (Å²) >= 11 is 15.8. The van der Waals surface area contributed by atoms with Gasteiger partial charge in [-0.15, -0.1) is 0 Å². The molecule has 2 rings (SSSR count). The van der Waals surface area contributed by atoms with Gasteiger partial charge in [0.15, 0.2) is 0 Å². The molecule has 19 heavy (non-hydrogen) atoms. The Morgan fingerprint density at radius 3 is 2.84 bits per heavy atom. The van der Waals surface area contributed by atoms with Crippen LogP contribution in [0.1, 0.15) is 19.4 Å². The molecule has 1 fully saturated rings. The number of halogens is 3. The van der Waals surface area contributed by atoms with Crippen molar-refractivity contribution in [3.63, 3.8) is 0 Å². The predicted molar refractivity (Wildman–Crippen MR) is 84.5 cm³/mol. The van der Waals surface area contributed by atoms with Crippen molar-refractivity contribution in [1.29, 1.82) is 0 Å². The van der Waals surface area contributed by atoms with Crippen molar-refractivity contribution in [3.05, 3.63) is 33.8 Å². The lowest BCUT2D eigenvalue weighted by molar-refractivity contribution is -0.128. The molecule has 0 aromatic heterocycles. The van der Waals surface area contributed by atoms with E-state index >= 15 is 0 Å². The molecule has 1 atom stereocenters. The molecule has 106 valence electrons. The van der Waals surface area contributed by atoms with E-state index in [4.69, 9.17) is 27.9 Å². The van der Waals surface area contributed by atoms with Crippen molar-refractivity contribution < 1.29 is 4.74 Å². The molecule has 1 heterocycles. The predicted octanol–water partition coefficient (Wildman–Crippen LogP) is 4.37. The van der Waals surface area contributed by atoms with Crippen molar-refractivity contribution in [2.45, 2.75) is 32.1 Å². The van der Waals surface area contributed by atoms with Gasteiger partial charge in [0.2, 0.25) is 0 Å². The summed E-state index contributed by atoms with van der Waals surface area (Å²) in [6, 6.07) is 5.61. The van der Waals surface area contributed by atoms with Gasteiger partial charge in [-0.1, -0.05) is 39.1 Å². The van der Waals surface area contributed by atoms with Crippen LogP contribution in [0.2, 0.25) is 10.0 Å². The topological polar surface area (TPSA) is 12.5 Å². The van der Waals surface area contributed by atoms with E-state index in [0.29, 0.717) is 0 Å². The first-order chi connectivity index (χ1) is 8.89. The fourth-order valence-electron chi connectivity index (χ4n) is 2.52. The van der Waals surface area contributed by atoms with Gasteiger partial charge >= 0.3 is 0 Å². The average molecular weight is 367 g/mol. The summed E-state index contributed by atoms with van der Waals surface area (Å²) in [5.74, 6) is 0. The lowest BCUT2D eigenvalue weighted by Gasteiger charge is -2.42. The van der Waals surface area contributed by atoms with E-state index in [1.54, 1.807) is 0 Å². The molecule has 1 aromatic carbocycles. The Labute approximate surface area is 133 Å². The van der Waals surface area contributed by atoms with E-state index in [2.05, 4.69) is 34.7 Å². The second kappa shape index (κ2) is 6.31. The van der Waals surface area contributed by atoms with E-state index < -0.39 is 0 Å². The van der Waals surface area contributed by atoms with Gasteiger partial charge in [-0.2, -0.15) is 0 Å². The summed E-state index contributed by atoms with van der Waals surface area (Å²) in [4.78, 5) is 2.37. The lowest BCUT2D eigenvalue weighted by atomic mass is 10.0. The van der Waals surface area contributed by atoms with Crippen molar-refractivity contribution in [2.24, 2.45) is 0 Å². The van der Waals surface area contributed by atoms with Gasteiger partial charge in [0, 0.05) is 35.0 Å². The molecular formula is C14H18BrCl2NO. The van der Waals surface area contributed by atoms with Gasteiger partial charge in [0.05, 0.1) is 11.7 Å². The van der Waals surface area contributed by atoms with Gasteiger partial charge in [0.1, 0.15) is 0 Å². The minimum Gasteiger partial charge on any atom is -0.369 e. The molecule has 1 aliphatic heterocycles. The van der Waals surface area contributed by atoms with Crippen LogP contribution in [-0.2, 0) is 11.3 Å². The van der Waals surface area contributed by atoms with Crippen LogP contribution < -0.4 is 0 Å². The minimum atomic E-state index is -0.137. The third-order valence-electron chi connectivity index (χ3n) is 3.13. The highest BCUT2D eigenvalue weighted by molar-refractivity contribution is 9.09. The Kier molecular flexibility index (Phi) is 5.18. The quantitative estimate of drug-likeness (QED) is 0.736. The number of morpholine rings is 1. The van der Waals surface area contributed by atoms with Crippen molar-refractivity contribution in [3.8, 4) is 0 Å². The number of alkyl halides is 1. The number of hydrogen-bond donors (Lipinski definition) is 0. The Morgan fingerprint density at radius 1 is 1.42 bits per heavy atom. The second-order valence-electron chi connectivity index (χ2n) is 5.56. The summed E-state index contributed by atoms with van der Waals surface area (Å²) in [6.07, 6.45) is 0.210. The molecular weight excluding hydrogens is 349 g/mol. The number of nitrogens with zero attached hydrogens (tertiary/aromatic N) is 1. The molecule has 0 radical (unpaired) electrons. The Bertz CT molecular complexity index is 453. The molecule has 0 bridgehead atoms. The third-order valence-corrected chi connectivity index (χ3v) is 4.45. The summed E-state index contributed by atoms with van der Waals surface area (Å²) in [6.45, 7) is 6.83. The van der Waals surface area contributed by atoms with E-state index in [9.17, 15) is 0 Å². The van der Waals surface area contributed by atoms with E-state index in [1.807, 2.05) is 18.2 Å². The van der Waals surface area contributed by atoms with Crippen molar-refractivity contribution >= 4 is 39.1 Å². The molecule has 0 amide bonds. The summed E-state index contributed by atoms with van der Waals surface area (Å²) in [5, 5.41) is 2.34. The zero-order chi connectivity index (χ0) is 14.0. The van der Waals surface area contributed by atoms with Gasteiger partial charge in [-0.25, -0.2) is 0 Å². The summed E-state index contributed by atoms with van der Waals surface area (Å²) in [5.41, 5.74) is 0.932. The van der Waals surface area contributed by atoms with Crippen LogP contribution in [0, 0.1) is 0 Å². The van der Waals surface area contributed by atoms with Crippen LogP contribution in [0.25, 0.3) is 0 Å². The zero-order valence-electron chi connectivity index (χ0n) is 11.1. The molecule has 2 nitrogen and oxygen atoms in total. The Morgan fingerprint density at radius 2 is 2.16 bits per heavy atom. The Hall–Kier alpha value is 0.200. The van der Waals surface area contributed by atoms with Gasteiger partial charge in [-0.05, 0) is 37.6 Å². The zero-order valence-corrected chi connectivity index (χ0v) is 14.2. The molecule has 0 N–H and O–H groups in total. The maximum atomic E-state index is 6.23. The molecule has 1 aliphatic rings. The maximum Gasteiger partial charge on any atom is 0.0806 e. The first kappa shape index (κ1) is 15.6. The highest BCUT2D eigenvalue weighted by atomic mass is 79.9. The highest BCUT2D eigenvalue weighted by Crippen LogP contribution is 2.26. The van der Waals surface area contributed by atoms with Crippen LogP contribution in [0.3, 0.4) is 0 Å². The molecule has 1 unspecified atom stereocenters. The SMILES string of the molecule is CC1(C)CN(Cc2cc(Cl)ccc2Cl)CC(CBr)O1. The number of benzene rings is 1. The number of ether oxygens (including phenoxy) is 1. The van der Waals surface area contributed by atoms with Crippen LogP contribution in [0.4, 0.5) is 0 Å². The largest absolute Gasteiger partial charge is 0.369 e. The Balaban J connectivity index is 2.11. The van der Waals surface area contributed by atoms with Gasteiger partial charge < -0.3 is 4.74 Å². The summed E-state index contributed by atoms with van der Waals surface area (Å²) in [7, 11) is 0. The first-order valence-electron chi connectivity index (χ1n) is 6.30.